The van der Waals surface area contributed by atoms with Gasteiger partial charge in [-0.3, -0.25) is 4.79 Å². The van der Waals surface area contributed by atoms with E-state index < -0.39 is 17.7 Å². The van der Waals surface area contributed by atoms with E-state index in [1.165, 1.54) is 18.3 Å². The average Bonchev–Trinajstić information content (AvgIpc) is 2.66. The molecule has 1 aromatic heterocycles. The third-order valence-electron chi connectivity index (χ3n) is 5.04. The van der Waals surface area contributed by atoms with E-state index in [0.29, 0.717) is 24.1 Å². The molecule has 1 amide bonds. The van der Waals surface area contributed by atoms with Gasteiger partial charge in [0.25, 0.3) is 5.56 Å². The standard InChI is InChI=1S/C21H28N4O5/c1-21(2,3)30-20(29)23-15-6-8-24(9-7-15)10-11-25-17-12-14(19(27)28)4-5-16(17)22-13-18(25)26/h4-5,12-13,15H,6-11H2,1-3H3,(H,23,29)(H,27,28). The molecular formula is C21H28N4O5. The van der Waals surface area contributed by atoms with Crippen molar-refractivity contribution in [1.29, 1.82) is 0 Å². The van der Waals surface area contributed by atoms with Crippen molar-refractivity contribution in [2.24, 2.45) is 0 Å². The van der Waals surface area contributed by atoms with Crippen molar-refractivity contribution in [1.82, 2.24) is 19.8 Å². The first-order valence-electron chi connectivity index (χ1n) is 10.1. The fraction of sp³-hybridized carbons (Fsp3) is 0.524. The number of amides is 1. The minimum atomic E-state index is -1.04. The number of aromatic nitrogens is 2. The summed E-state index contributed by atoms with van der Waals surface area (Å²) < 4.78 is 6.87. The van der Waals surface area contributed by atoms with Gasteiger partial charge in [0.2, 0.25) is 0 Å². The third kappa shape index (κ3) is 5.56. The van der Waals surface area contributed by atoms with Crippen LogP contribution in [0.4, 0.5) is 4.79 Å². The zero-order valence-electron chi connectivity index (χ0n) is 17.6. The topological polar surface area (TPSA) is 114 Å². The molecule has 3 rings (SSSR count). The number of carboxylic acid groups (broad SMARTS) is 1. The number of likely N-dealkylation sites (tertiary alicyclic amines) is 1. The van der Waals surface area contributed by atoms with Crippen LogP contribution in [0, 0.1) is 0 Å². The molecule has 1 aromatic carbocycles. The van der Waals surface area contributed by atoms with Gasteiger partial charge in [0.05, 0.1) is 22.8 Å². The van der Waals surface area contributed by atoms with Crippen molar-refractivity contribution in [3.05, 3.63) is 40.3 Å². The van der Waals surface area contributed by atoms with Crippen molar-refractivity contribution in [2.75, 3.05) is 19.6 Å². The van der Waals surface area contributed by atoms with Crippen LogP contribution in [-0.4, -0.2) is 62.9 Å². The fourth-order valence-corrected chi connectivity index (χ4v) is 3.54. The van der Waals surface area contributed by atoms with Gasteiger partial charge in [0, 0.05) is 32.2 Å². The summed E-state index contributed by atoms with van der Waals surface area (Å²) >= 11 is 0. The second-order valence-corrected chi connectivity index (χ2v) is 8.52. The third-order valence-corrected chi connectivity index (χ3v) is 5.04. The van der Waals surface area contributed by atoms with Crippen LogP contribution < -0.4 is 10.9 Å². The first kappa shape index (κ1) is 21.8. The summed E-state index contributed by atoms with van der Waals surface area (Å²) in [5.41, 5.74) is 0.444. The summed E-state index contributed by atoms with van der Waals surface area (Å²) in [4.78, 5) is 41.9. The lowest BCUT2D eigenvalue weighted by atomic mass is 10.1. The van der Waals surface area contributed by atoms with Gasteiger partial charge in [-0.2, -0.15) is 0 Å². The number of aromatic carboxylic acids is 1. The molecule has 162 valence electrons. The number of alkyl carbamates (subject to hydrolysis) is 1. The maximum atomic E-state index is 12.3. The Hall–Kier alpha value is -2.94. The lowest BCUT2D eigenvalue weighted by molar-refractivity contribution is 0.0478. The molecule has 30 heavy (non-hydrogen) atoms. The zero-order valence-corrected chi connectivity index (χ0v) is 17.6. The summed E-state index contributed by atoms with van der Waals surface area (Å²) in [6.07, 6.45) is 2.47. The van der Waals surface area contributed by atoms with Crippen LogP contribution in [0.5, 0.6) is 0 Å². The Morgan fingerprint density at radius 3 is 2.57 bits per heavy atom. The molecule has 2 N–H and O–H groups in total. The number of hydrogen-bond acceptors (Lipinski definition) is 6. The number of carbonyl (C=O) groups excluding carboxylic acids is 1. The number of piperidine rings is 1. The molecule has 1 aliphatic heterocycles. The molecular weight excluding hydrogens is 388 g/mol. The van der Waals surface area contributed by atoms with Gasteiger partial charge in [-0.1, -0.05) is 0 Å². The maximum Gasteiger partial charge on any atom is 0.407 e. The molecule has 0 spiro atoms. The second-order valence-electron chi connectivity index (χ2n) is 8.52. The van der Waals surface area contributed by atoms with Crippen LogP contribution in [0.25, 0.3) is 11.0 Å². The Balaban J connectivity index is 1.59. The summed E-state index contributed by atoms with van der Waals surface area (Å²) in [6.45, 7) is 8.16. The van der Waals surface area contributed by atoms with Crippen molar-refractivity contribution < 1.29 is 19.4 Å². The molecule has 0 aliphatic carbocycles. The van der Waals surface area contributed by atoms with Crippen LogP contribution in [0.3, 0.4) is 0 Å². The number of rotatable bonds is 5. The van der Waals surface area contributed by atoms with E-state index in [1.54, 1.807) is 10.6 Å². The van der Waals surface area contributed by atoms with Crippen LogP contribution in [-0.2, 0) is 11.3 Å². The number of hydrogen-bond donors (Lipinski definition) is 2. The molecule has 1 saturated heterocycles. The highest BCUT2D eigenvalue weighted by Gasteiger charge is 2.23. The first-order chi connectivity index (χ1) is 14.1. The monoisotopic (exact) mass is 416 g/mol. The van der Waals surface area contributed by atoms with Gasteiger partial charge in [0.1, 0.15) is 5.60 Å². The predicted molar refractivity (Wildman–Crippen MR) is 112 cm³/mol. The van der Waals surface area contributed by atoms with E-state index in [2.05, 4.69) is 15.2 Å². The van der Waals surface area contributed by atoms with Crippen molar-refractivity contribution in [2.45, 2.75) is 51.8 Å². The average molecular weight is 416 g/mol. The fourth-order valence-electron chi connectivity index (χ4n) is 3.54. The normalized spacial score (nSPS) is 15.8. The quantitative estimate of drug-likeness (QED) is 0.767. The highest BCUT2D eigenvalue weighted by molar-refractivity contribution is 5.92. The molecule has 1 fully saturated rings. The van der Waals surface area contributed by atoms with E-state index in [9.17, 15) is 19.5 Å². The lowest BCUT2D eigenvalue weighted by Crippen LogP contribution is -2.46. The van der Waals surface area contributed by atoms with Gasteiger partial charge in [-0.05, 0) is 51.8 Å². The van der Waals surface area contributed by atoms with Crippen LogP contribution in [0.1, 0.15) is 44.0 Å². The van der Waals surface area contributed by atoms with E-state index >= 15 is 0 Å². The summed E-state index contributed by atoms with van der Waals surface area (Å²) in [5.74, 6) is -1.04. The lowest BCUT2D eigenvalue weighted by Gasteiger charge is -2.33. The molecule has 0 saturated carbocycles. The van der Waals surface area contributed by atoms with E-state index in [0.717, 1.165) is 25.9 Å². The van der Waals surface area contributed by atoms with E-state index in [4.69, 9.17) is 4.74 Å². The van der Waals surface area contributed by atoms with Crippen molar-refractivity contribution in [3.8, 4) is 0 Å². The van der Waals surface area contributed by atoms with E-state index in [-0.39, 0.29) is 17.2 Å². The Morgan fingerprint density at radius 1 is 1.23 bits per heavy atom. The van der Waals surface area contributed by atoms with Crippen molar-refractivity contribution in [3.63, 3.8) is 0 Å². The smallest absolute Gasteiger partial charge is 0.407 e. The number of nitrogens with zero attached hydrogens (tertiary/aromatic N) is 3. The summed E-state index contributed by atoms with van der Waals surface area (Å²) in [7, 11) is 0. The highest BCUT2D eigenvalue weighted by atomic mass is 16.6. The number of ether oxygens (including phenoxy) is 1. The minimum Gasteiger partial charge on any atom is -0.478 e. The Kier molecular flexibility index (Phi) is 6.40. The molecule has 0 radical (unpaired) electrons. The Bertz CT molecular complexity index is 987. The molecule has 1 aliphatic rings. The maximum absolute atomic E-state index is 12.3. The molecule has 2 heterocycles. The predicted octanol–water partition coefficient (Wildman–Crippen LogP) is 2.08. The van der Waals surface area contributed by atoms with Gasteiger partial charge in [0.15, 0.2) is 0 Å². The first-order valence-corrected chi connectivity index (χ1v) is 10.1. The molecule has 2 aromatic rings. The number of benzene rings is 1. The number of carbonyl (C=O) groups is 2. The summed E-state index contributed by atoms with van der Waals surface area (Å²) in [5, 5.41) is 12.1. The molecule has 0 bridgehead atoms. The Morgan fingerprint density at radius 2 is 1.93 bits per heavy atom. The Labute approximate surface area is 174 Å². The molecule has 9 nitrogen and oxygen atoms in total. The highest BCUT2D eigenvalue weighted by Crippen LogP contribution is 2.15. The van der Waals surface area contributed by atoms with Gasteiger partial charge in [-0.25, -0.2) is 14.6 Å². The number of fused-ring (bicyclic) bond motifs is 1. The minimum absolute atomic E-state index is 0.0682. The molecule has 9 heteroatoms. The van der Waals surface area contributed by atoms with Gasteiger partial charge < -0.3 is 24.6 Å². The van der Waals surface area contributed by atoms with Gasteiger partial charge >= 0.3 is 12.1 Å². The van der Waals surface area contributed by atoms with Gasteiger partial charge in [-0.15, -0.1) is 0 Å². The SMILES string of the molecule is CC(C)(C)OC(=O)NC1CCN(CCn2c(=O)cnc3ccc(C(=O)O)cc32)CC1. The number of nitrogens with one attached hydrogen (secondary N) is 1. The van der Waals surface area contributed by atoms with Crippen molar-refractivity contribution >= 4 is 23.1 Å². The number of carboxylic acids is 1. The zero-order chi connectivity index (χ0) is 21.9. The van der Waals surface area contributed by atoms with Crippen LogP contribution in [0.2, 0.25) is 0 Å². The second kappa shape index (κ2) is 8.83. The molecule has 0 unspecified atom stereocenters. The van der Waals surface area contributed by atoms with Crippen LogP contribution in [0.15, 0.2) is 29.2 Å². The van der Waals surface area contributed by atoms with Crippen LogP contribution >= 0.6 is 0 Å². The molecule has 0 atom stereocenters. The largest absolute Gasteiger partial charge is 0.478 e. The van der Waals surface area contributed by atoms with E-state index in [1.807, 2.05) is 20.8 Å². The summed E-state index contributed by atoms with van der Waals surface area (Å²) in [6, 6.07) is 4.65.